The Bertz CT molecular complexity index is 874. The SMILES string of the molecule is CCOc1cc(Br)c(/C=C(/C#N)C(=O)Nc2ccc(Cl)cc2)cc1OC. The summed E-state index contributed by atoms with van der Waals surface area (Å²) in [7, 11) is 1.53. The lowest BCUT2D eigenvalue weighted by molar-refractivity contribution is -0.112. The number of methoxy groups -OCH3 is 1. The van der Waals surface area contributed by atoms with Gasteiger partial charge in [0.25, 0.3) is 5.91 Å². The van der Waals surface area contributed by atoms with Crippen molar-refractivity contribution < 1.29 is 14.3 Å². The Labute approximate surface area is 165 Å². The van der Waals surface area contributed by atoms with Crippen LogP contribution in [0, 0.1) is 11.3 Å². The molecule has 0 fully saturated rings. The van der Waals surface area contributed by atoms with Crippen molar-refractivity contribution in [1.82, 2.24) is 0 Å². The van der Waals surface area contributed by atoms with Crippen molar-refractivity contribution in [1.29, 1.82) is 5.26 Å². The molecular formula is C19H16BrClN2O3. The van der Waals surface area contributed by atoms with E-state index in [1.54, 1.807) is 36.4 Å². The van der Waals surface area contributed by atoms with E-state index in [0.29, 0.717) is 38.9 Å². The van der Waals surface area contributed by atoms with Gasteiger partial charge < -0.3 is 14.8 Å². The van der Waals surface area contributed by atoms with Gasteiger partial charge in [-0.1, -0.05) is 27.5 Å². The first-order valence-electron chi connectivity index (χ1n) is 7.67. The molecule has 0 aromatic heterocycles. The second kappa shape index (κ2) is 9.27. The zero-order valence-corrected chi connectivity index (χ0v) is 16.5. The van der Waals surface area contributed by atoms with Crippen molar-refractivity contribution in [2.24, 2.45) is 0 Å². The minimum atomic E-state index is -0.519. The van der Waals surface area contributed by atoms with Gasteiger partial charge >= 0.3 is 0 Å². The average Bonchev–Trinajstić information content (AvgIpc) is 2.63. The van der Waals surface area contributed by atoms with Gasteiger partial charge in [0, 0.05) is 15.2 Å². The van der Waals surface area contributed by atoms with Crippen LogP contribution in [0.5, 0.6) is 11.5 Å². The van der Waals surface area contributed by atoms with Gasteiger partial charge in [0.05, 0.1) is 13.7 Å². The van der Waals surface area contributed by atoms with E-state index < -0.39 is 5.91 Å². The Morgan fingerprint density at radius 3 is 2.58 bits per heavy atom. The van der Waals surface area contributed by atoms with Crippen LogP contribution in [0.1, 0.15) is 12.5 Å². The highest BCUT2D eigenvalue weighted by Crippen LogP contribution is 2.34. The van der Waals surface area contributed by atoms with Gasteiger partial charge in [-0.25, -0.2) is 0 Å². The fraction of sp³-hybridized carbons (Fsp3) is 0.158. The molecule has 26 heavy (non-hydrogen) atoms. The van der Waals surface area contributed by atoms with E-state index in [1.807, 2.05) is 13.0 Å². The first-order valence-corrected chi connectivity index (χ1v) is 8.84. The molecule has 134 valence electrons. The fourth-order valence-corrected chi connectivity index (χ4v) is 2.69. The number of anilines is 1. The standard InChI is InChI=1S/C19H16BrClN2O3/c1-3-26-18-10-16(20)12(9-17(18)25-2)8-13(11-22)19(24)23-15-6-4-14(21)5-7-15/h4-10H,3H2,1-2H3,(H,23,24)/b13-8-. The molecule has 0 aliphatic heterocycles. The average molecular weight is 436 g/mol. The summed E-state index contributed by atoms with van der Waals surface area (Å²) in [6, 6.07) is 12.0. The van der Waals surface area contributed by atoms with Crippen LogP contribution in [0.25, 0.3) is 6.08 Å². The molecule has 1 amide bonds. The van der Waals surface area contributed by atoms with Gasteiger partial charge in [0.2, 0.25) is 0 Å². The van der Waals surface area contributed by atoms with Crippen molar-refractivity contribution in [2.75, 3.05) is 19.0 Å². The first kappa shape index (κ1) is 19.8. The Morgan fingerprint density at radius 1 is 1.31 bits per heavy atom. The Morgan fingerprint density at radius 2 is 2.00 bits per heavy atom. The summed E-state index contributed by atoms with van der Waals surface area (Å²) in [4.78, 5) is 12.4. The molecule has 0 heterocycles. The zero-order chi connectivity index (χ0) is 19.1. The molecule has 0 saturated heterocycles. The van der Waals surface area contributed by atoms with Gasteiger partial charge in [0.1, 0.15) is 11.6 Å². The van der Waals surface area contributed by atoms with Gasteiger partial charge in [-0.05, 0) is 55.0 Å². The van der Waals surface area contributed by atoms with E-state index in [-0.39, 0.29) is 5.57 Å². The summed E-state index contributed by atoms with van der Waals surface area (Å²) in [6.45, 7) is 2.36. The summed E-state index contributed by atoms with van der Waals surface area (Å²) in [5, 5.41) is 12.6. The van der Waals surface area contributed by atoms with Crippen molar-refractivity contribution in [2.45, 2.75) is 6.92 Å². The minimum Gasteiger partial charge on any atom is -0.493 e. The molecule has 1 N–H and O–H groups in total. The summed E-state index contributed by atoms with van der Waals surface area (Å²) < 4.78 is 11.5. The summed E-state index contributed by atoms with van der Waals surface area (Å²) in [5.41, 5.74) is 1.11. The lowest BCUT2D eigenvalue weighted by atomic mass is 10.1. The highest BCUT2D eigenvalue weighted by molar-refractivity contribution is 9.10. The summed E-state index contributed by atoms with van der Waals surface area (Å²) in [6.07, 6.45) is 1.48. The first-order chi connectivity index (χ1) is 12.5. The number of ether oxygens (including phenoxy) is 2. The van der Waals surface area contributed by atoms with E-state index in [2.05, 4.69) is 21.2 Å². The normalized spacial score (nSPS) is 10.8. The molecule has 0 bridgehead atoms. The maximum Gasteiger partial charge on any atom is 0.266 e. The number of nitriles is 1. The number of hydrogen-bond acceptors (Lipinski definition) is 4. The van der Waals surface area contributed by atoms with Crippen LogP contribution in [0.15, 0.2) is 46.4 Å². The van der Waals surface area contributed by atoms with Crippen LogP contribution in [-0.2, 0) is 4.79 Å². The summed E-state index contributed by atoms with van der Waals surface area (Å²) in [5.74, 6) is 0.564. The van der Waals surface area contributed by atoms with Crippen molar-refractivity contribution in [3.63, 3.8) is 0 Å². The molecule has 7 heteroatoms. The minimum absolute atomic E-state index is 0.0492. The third-order valence-corrected chi connectivity index (χ3v) is 4.29. The molecule has 0 aliphatic rings. The predicted molar refractivity (Wildman–Crippen MR) is 106 cm³/mol. The highest BCUT2D eigenvalue weighted by Gasteiger charge is 2.13. The Kier molecular flexibility index (Phi) is 7.07. The monoisotopic (exact) mass is 434 g/mol. The topological polar surface area (TPSA) is 71.3 Å². The number of nitrogens with zero attached hydrogens (tertiary/aromatic N) is 1. The van der Waals surface area contributed by atoms with Crippen molar-refractivity contribution in [3.05, 3.63) is 57.0 Å². The molecule has 5 nitrogen and oxygen atoms in total. The molecule has 2 aromatic carbocycles. The van der Waals surface area contributed by atoms with Gasteiger partial charge in [0.15, 0.2) is 11.5 Å². The van der Waals surface area contributed by atoms with E-state index in [4.69, 9.17) is 21.1 Å². The lowest BCUT2D eigenvalue weighted by Gasteiger charge is -2.12. The number of benzene rings is 2. The quantitative estimate of drug-likeness (QED) is 0.509. The van der Waals surface area contributed by atoms with Crippen LogP contribution in [0.2, 0.25) is 5.02 Å². The Balaban J connectivity index is 2.31. The van der Waals surface area contributed by atoms with Gasteiger partial charge in [-0.15, -0.1) is 0 Å². The number of carbonyl (C=O) groups excluding carboxylic acids is 1. The lowest BCUT2D eigenvalue weighted by Crippen LogP contribution is -2.13. The molecule has 2 rings (SSSR count). The van der Waals surface area contributed by atoms with E-state index in [9.17, 15) is 10.1 Å². The Hall–Kier alpha value is -2.49. The molecule has 0 aliphatic carbocycles. The van der Waals surface area contributed by atoms with Crippen LogP contribution in [0.4, 0.5) is 5.69 Å². The smallest absolute Gasteiger partial charge is 0.266 e. The van der Waals surface area contributed by atoms with Gasteiger partial charge in [-0.3, -0.25) is 4.79 Å². The molecule has 0 atom stereocenters. The highest BCUT2D eigenvalue weighted by atomic mass is 79.9. The second-order valence-corrected chi connectivity index (χ2v) is 6.38. The number of halogens is 2. The number of rotatable bonds is 6. The number of nitrogens with one attached hydrogen (secondary N) is 1. The molecule has 0 spiro atoms. The fourth-order valence-electron chi connectivity index (χ4n) is 2.13. The molecular weight excluding hydrogens is 420 g/mol. The largest absolute Gasteiger partial charge is 0.493 e. The van der Waals surface area contributed by atoms with Crippen molar-refractivity contribution in [3.8, 4) is 17.6 Å². The predicted octanol–water partition coefficient (Wildman–Crippen LogP) is 5.06. The number of amides is 1. The number of carbonyl (C=O) groups is 1. The van der Waals surface area contributed by atoms with Crippen molar-refractivity contribution >= 4 is 45.2 Å². The van der Waals surface area contributed by atoms with Gasteiger partial charge in [-0.2, -0.15) is 5.26 Å². The number of hydrogen-bond donors (Lipinski definition) is 1. The van der Waals surface area contributed by atoms with E-state index in [1.165, 1.54) is 13.2 Å². The van der Waals surface area contributed by atoms with Crippen LogP contribution < -0.4 is 14.8 Å². The maximum atomic E-state index is 12.4. The van der Waals surface area contributed by atoms with E-state index >= 15 is 0 Å². The zero-order valence-electron chi connectivity index (χ0n) is 14.2. The third kappa shape index (κ3) is 5.01. The molecule has 0 saturated carbocycles. The van der Waals surface area contributed by atoms with Crippen LogP contribution in [-0.4, -0.2) is 19.6 Å². The summed E-state index contributed by atoms with van der Waals surface area (Å²) >= 11 is 9.25. The molecule has 0 unspecified atom stereocenters. The third-order valence-electron chi connectivity index (χ3n) is 3.35. The van der Waals surface area contributed by atoms with Crippen LogP contribution in [0.3, 0.4) is 0 Å². The van der Waals surface area contributed by atoms with E-state index in [0.717, 1.165) is 0 Å². The molecule has 0 radical (unpaired) electrons. The molecule has 2 aromatic rings. The maximum absolute atomic E-state index is 12.4. The second-order valence-electron chi connectivity index (χ2n) is 5.09. The van der Waals surface area contributed by atoms with Crippen LogP contribution >= 0.6 is 27.5 Å².